The van der Waals surface area contributed by atoms with Crippen molar-refractivity contribution < 1.29 is 5.11 Å². The van der Waals surface area contributed by atoms with Crippen LogP contribution >= 0.6 is 11.8 Å². The van der Waals surface area contributed by atoms with E-state index in [2.05, 4.69) is 4.98 Å². The first-order valence-electron chi connectivity index (χ1n) is 3.64. The molecule has 1 rings (SSSR count). The molecule has 1 atom stereocenters. The number of thioether (sulfide) groups is 1. The standard InChI is InChI=1S/C8H12N2OS/c1-12-6-2-3-8(10-4-6)7(9)5-11/h2-4,7,11H,5,9H2,1H3. The number of pyridine rings is 1. The van der Waals surface area contributed by atoms with Gasteiger partial charge in [0.05, 0.1) is 18.3 Å². The molecule has 3 N–H and O–H groups in total. The van der Waals surface area contributed by atoms with Crippen LogP contribution in [0.3, 0.4) is 0 Å². The third kappa shape index (κ3) is 2.20. The van der Waals surface area contributed by atoms with Crippen molar-refractivity contribution in [2.75, 3.05) is 12.9 Å². The van der Waals surface area contributed by atoms with E-state index < -0.39 is 0 Å². The highest BCUT2D eigenvalue weighted by atomic mass is 32.2. The fourth-order valence-electron chi connectivity index (χ4n) is 0.825. The Morgan fingerprint density at radius 3 is 2.83 bits per heavy atom. The molecule has 0 aliphatic carbocycles. The van der Waals surface area contributed by atoms with Crippen molar-refractivity contribution in [3.8, 4) is 0 Å². The second kappa shape index (κ2) is 4.45. The molecule has 0 aliphatic heterocycles. The molecule has 0 aromatic carbocycles. The SMILES string of the molecule is CSc1ccc(C(N)CO)nc1. The Hall–Kier alpha value is -0.580. The molecule has 66 valence electrons. The summed E-state index contributed by atoms with van der Waals surface area (Å²) in [7, 11) is 0. The maximum absolute atomic E-state index is 8.74. The van der Waals surface area contributed by atoms with Crippen LogP contribution in [0.15, 0.2) is 23.2 Å². The van der Waals surface area contributed by atoms with Gasteiger partial charge < -0.3 is 10.8 Å². The average Bonchev–Trinajstić information content (AvgIpc) is 2.17. The van der Waals surface area contributed by atoms with Gasteiger partial charge in [-0.25, -0.2) is 0 Å². The maximum Gasteiger partial charge on any atom is 0.0704 e. The molecule has 4 heteroatoms. The zero-order valence-electron chi connectivity index (χ0n) is 6.90. The molecule has 0 amide bonds. The first-order chi connectivity index (χ1) is 5.77. The van der Waals surface area contributed by atoms with E-state index in [9.17, 15) is 0 Å². The molecule has 1 aromatic rings. The van der Waals surface area contributed by atoms with Gasteiger partial charge in [0.1, 0.15) is 0 Å². The summed E-state index contributed by atoms with van der Waals surface area (Å²) < 4.78 is 0. The first-order valence-corrected chi connectivity index (χ1v) is 4.86. The van der Waals surface area contributed by atoms with Gasteiger partial charge in [-0.3, -0.25) is 4.98 Å². The quantitative estimate of drug-likeness (QED) is 0.682. The van der Waals surface area contributed by atoms with E-state index in [-0.39, 0.29) is 12.6 Å². The van der Waals surface area contributed by atoms with Crippen LogP contribution in [0.5, 0.6) is 0 Å². The van der Waals surface area contributed by atoms with Crippen molar-refractivity contribution in [1.82, 2.24) is 4.98 Å². The number of hydrogen-bond donors (Lipinski definition) is 2. The highest BCUT2D eigenvalue weighted by Crippen LogP contribution is 2.14. The molecule has 0 saturated carbocycles. The van der Waals surface area contributed by atoms with Crippen molar-refractivity contribution in [1.29, 1.82) is 0 Å². The summed E-state index contributed by atoms with van der Waals surface area (Å²) >= 11 is 1.63. The van der Waals surface area contributed by atoms with Gasteiger partial charge in [-0.15, -0.1) is 11.8 Å². The molecule has 1 unspecified atom stereocenters. The topological polar surface area (TPSA) is 59.1 Å². The van der Waals surface area contributed by atoms with E-state index in [4.69, 9.17) is 10.8 Å². The van der Waals surface area contributed by atoms with Crippen LogP contribution in [0.1, 0.15) is 11.7 Å². The lowest BCUT2D eigenvalue weighted by Crippen LogP contribution is -2.15. The molecule has 0 spiro atoms. The average molecular weight is 184 g/mol. The van der Waals surface area contributed by atoms with Crippen molar-refractivity contribution in [3.63, 3.8) is 0 Å². The number of aromatic nitrogens is 1. The van der Waals surface area contributed by atoms with Gasteiger partial charge in [-0.1, -0.05) is 0 Å². The van der Waals surface area contributed by atoms with Crippen molar-refractivity contribution in [3.05, 3.63) is 24.0 Å². The van der Waals surface area contributed by atoms with Crippen LogP contribution in [0.4, 0.5) is 0 Å². The zero-order chi connectivity index (χ0) is 8.97. The molecule has 0 aliphatic rings. The highest BCUT2D eigenvalue weighted by Gasteiger charge is 2.04. The van der Waals surface area contributed by atoms with Crippen molar-refractivity contribution in [2.45, 2.75) is 10.9 Å². The van der Waals surface area contributed by atoms with Gasteiger partial charge in [0.25, 0.3) is 0 Å². The highest BCUT2D eigenvalue weighted by molar-refractivity contribution is 7.98. The summed E-state index contributed by atoms with van der Waals surface area (Å²) in [5.41, 5.74) is 6.30. The number of nitrogens with zero attached hydrogens (tertiary/aromatic N) is 1. The Labute approximate surface area is 76.0 Å². The summed E-state index contributed by atoms with van der Waals surface area (Å²) in [4.78, 5) is 5.22. The third-order valence-electron chi connectivity index (χ3n) is 1.57. The van der Waals surface area contributed by atoms with Gasteiger partial charge in [0.2, 0.25) is 0 Å². The van der Waals surface area contributed by atoms with Crippen LogP contribution in [-0.2, 0) is 0 Å². The molecule has 1 aromatic heterocycles. The minimum atomic E-state index is -0.360. The minimum absolute atomic E-state index is 0.0639. The Morgan fingerprint density at radius 1 is 1.67 bits per heavy atom. The van der Waals surface area contributed by atoms with Gasteiger partial charge >= 0.3 is 0 Å². The summed E-state index contributed by atoms with van der Waals surface area (Å²) in [6.45, 7) is -0.0639. The van der Waals surface area contributed by atoms with E-state index in [1.165, 1.54) is 0 Å². The lowest BCUT2D eigenvalue weighted by molar-refractivity contribution is 0.266. The summed E-state index contributed by atoms with van der Waals surface area (Å²) in [6.07, 6.45) is 3.75. The molecule has 0 fully saturated rings. The normalized spacial score (nSPS) is 12.9. The predicted octanol–water partition coefficient (Wildman–Crippen LogP) is 0.796. The van der Waals surface area contributed by atoms with Crippen LogP contribution < -0.4 is 5.73 Å². The number of nitrogens with two attached hydrogens (primary N) is 1. The van der Waals surface area contributed by atoms with E-state index in [0.29, 0.717) is 0 Å². The molecule has 0 bridgehead atoms. The van der Waals surface area contributed by atoms with E-state index in [1.807, 2.05) is 18.4 Å². The Morgan fingerprint density at radius 2 is 2.42 bits per heavy atom. The summed E-state index contributed by atoms with van der Waals surface area (Å²) in [5.74, 6) is 0. The summed E-state index contributed by atoms with van der Waals surface area (Å²) in [6, 6.07) is 3.43. The second-order valence-corrected chi connectivity index (χ2v) is 3.29. The fourth-order valence-corrected chi connectivity index (χ4v) is 1.19. The lowest BCUT2D eigenvalue weighted by atomic mass is 10.2. The van der Waals surface area contributed by atoms with Crippen LogP contribution in [0, 0.1) is 0 Å². The molecular formula is C8H12N2OS. The Kier molecular flexibility index (Phi) is 3.52. The largest absolute Gasteiger partial charge is 0.394 e. The van der Waals surface area contributed by atoms with Crippen LogP contribution in [-0.4, -0.2) is 23.0 Å². The van der Waals surface area contributed by atoms with Gasteiger partial charge in [-0.2, -0.15) is 0 Å². The smallest absolute Gasteiger partial charge is 0.0704 e. The Bertz CT molecular complexity index is 237. The lowest BCUT2D eigenvalue weighted by Gasteiger charge is -2.06. The number of aliphatic hydroxyl groups excluding tert-OH is 1. The second-order valence-electron chi connectivity index (χ2n) is 2.41. The Balaban J connectivity index is 2.77. The molecule has 0 radical (unpaired) electrons. The molecular weight excluding hydrogens is 172 g/mol. The van der Waals surface area contributed by atoms with Crippen molar-refractivity contribution >= 4 is 11.8 Å². The molecule has 0 saturated heterocycles. The molecule has 3 nitrogen and oxygen atoms in total. The van der Waals surface area contributed by atoms with Crippen LogP contribution in [0.25, 0.3) is 0 Å². The van der Waals surface area contributed by atoms with E-state index >= 15 is 0 Å². The van der Waals surface area contributed by atoms with Gasteiger partial charge in [0, 0.05) is 11.1 Å². The first kappa shape index (κ1) is 9.51. The summed E-state index contributed by atoms with van der Waals surface area (Å²) in [5, 5.41) is 8.74. The van der Waals surface area contributed by atoms with Gasteiger partial charge in [0.15, 0.2) is 0 Å². The fraction of sp³-hybridized carbons (Fsp3) is 0.375. The van der Waals surface area contributed by atoms with E-state index in [0.717, 1.165) is 10.6 Å². The van der Waals surface area contributed by atoms with Gasteiger partial charge in [-0.05, 0) is 18.4 Å². The van der Waals surface area contributed by atoms with E-state index in [1.54, 1.807) is 18.0 Å². The molecule has 12 heavy (non-hydrogen) atoms. The predicted molar refractivity (Wildman–Crippen MR) is 50.0 cm³/mol. The third-order valence-corrected chi connectivity index (χ3v) is 2.28. The van der Waals surface area contributed by atoms with Crippen molar-refractivity contribution in [2.24, 2.45) is 5.73 Å². The minimum Gasteiger partial charge on any atom is -0.394 e. The molecule has 1 heterocycles. The zero-order valence-corrected chi connectivity index (χ0v) is 7.71. The monoisotopic (exact) mass is 184 g/mol. The number of hydrogen-bond acceptors (Lipinski definition) is 4. The number of aliphatic hydroxyl groups is 1. The number of rotatable bonds is 3. The van der Waals surface area contributed by atoms with Crippen LogP contribution in [0.2, 0.25) is 0 Å². The maximum atomic E-state index is 8.74.